The third-order valence-electron chi connectivity index (χ3n) is 4.91. The van der Waals surface area contributed by atoms with Crippen molar-refractivity contribution in [3.63, 3.8) is 0 Å². The van der Waals surface area contributed by atoms with Crippen LogP contribution in [-0.2, 0) is 16.6 Å². The van der Waals surface area contributed by atoms with E-state index in [1.807, 2.05) is 24.3 Å². The van der Waals surface area contributed by atoms with E-state index in [2.05, 4.69) is 21.6 Å². The predicted octanol–water partition coefficient (Wildman–Crippen LogP) is 4.54. The summed E-state index contributed by atoms with van der Waals surface area (Å²) >= 11 is 0. The molecule has 1 aromatic heterocycles. The number of amides is 1. The first-order valence-electron chi connectivity index (χ1n) is 10.5. The van der Waals surface area contributed by atoms with E-state index in [0.29, 0.717) is 5.75 Å². The highest BCUT2D eigenvalue weighted by Crippen LogP contribution is 2.27. The van der Waals surface area contributed by atoms with Gasteiger partial charge in [0.05, 0.1) is 0 Å². The van der Waals surface area contributed by atoms with Gasteiger partial charge in [-0.2, -0.15) is 21.6 Å². The monoisotopic (exact) mass is 520 g/mol. The first-order valence-corrected chi connectivity index (χ1v) is 12.0. The van der Waals surface area contributed by atoms with Crippen molar-refractivity contribution in [1.82, 2.24) is 15.5 Å². The minimum atomic E-state index is -5.54. The van der Waals surface area contributed by atoms with Crippen LogP contribution in [0.15, 0.2) is 76.9 Å². The minimum absolute atomic E-state index is 0.0706. The zero-order chi connectivity index (χ0) is 25.8. The zero-order valence-corrected chi connectivity index (χ0v) is 19.3. The topological polar surface area (TPSA) is 123 Å². The molecule has 0 atom stereocenters. The van der Waals surface area contributed by atoms with Crippen LogP contribution >= 0.6 is 0 Å². The van der Waals surface area contributed by atoms with Gasteiger partial charge in [-0.25, -0.2) is 0 Å². The molecular formula is C23H19F3N4O5S. The lowest BCUT2D eigenvalue weighted by atomic mass is 10.1. The van der Waals surface area contributed by atoms with Crippen molar-refractivity contribution < 1.29 is 35.5 Å². The lowest BCUT2D eigenvalue weighted by Crippen LogP contribution is -2.29. The number of allylic oxidation sites excluding steroid dienone is 4. The first kappa shape index (κ1) is 25.0. The number of nitrogens with zero attached hydrogens (tertiary/aromatic N) is 2. The molecule has 0 unspecified atom stereocenters. The van der Waals surface area contributed by atoms with Crippen molar-refractivity contribution in [3.05, 3.63) is 84.0 Å². The van der Waals surface area contributed by atoms with E-state index in [0.717, 1.165) is 36.3 Å². The van der Waals surface area contributed by atoms with E-state index in [1.165, 1.54) is 16.9 Å². The van der Waals surface area contributed by atoms with E-state index in [-0.39, 0.29) is 29.6 Å². The molecule has 3 aromatic rings. The molecule has 4 rings (SSSR count). The van der Waals surface area contributed by atoms with Crippen LogP contribution in [0, 0.1) is 0 Å². The largest absolute Gasteiger partial charge is 0.516 e. The summed E-state index contributed by atoms with van der Waals surface area (Å²) in [7, 11) is -5.54. The number of aromatic nitrogens is 2. The standard InChI is InChI=1S/C23H19F3N4O5S/c24-23(25,26)36(32,33)30-17-10-8-16(9-11-17)21-28-29-22(35-21)20(31)27-14-15-6-12-19(13-7-15)34-18-4-2-1-3-5-18/h1-2,4,6-13,30H,3,5,14H2,(H,27,31). The Balaban J connectivity index is 1.32. The molecule has 188 valence electrons. The molecule has 2 aromatic carbocycles. The lowest BCUT2D eigenvalue weighted by molar-refractivity contribution is -0.0429. The van der Waals surface area contributed by atoms with Crippen LogP contribution in [0.25, 0.3) is 11.5 Å². The van der Waals surface area contributed by atoms with Gasteiger partial charge < -0.3 is 14.5 Å². The fraction of sp³-hybridized carbons (Fsp3) is 0.174. The number of ether oxygens (including phenoxy) is 1. The number of benzene rings is 2. The maximum atomic E-state index is 12.5. The van der Waals surface area contributed by atoms with Crippen LogP contribution in [0.5, 0.6) is 5.75 Å². The van der Waals surface area contributed by atoms with Gasteiger partial charge in [0, 0.05) is 24.2 Å². The lowest BCUT2D eigenvalue weighted by Gasteiger charge is -2.11. The van der Waals surface area contributed by atoms with Crippen molar-refractivity contribution in [2.75, 3.05) is 4.72 Å². The number of alkyl halides is 3. The highest BCUT2D eigenvalue weighted by atomic mass is 32.2. The number of rotatable bonds is 8. The number of carbonyl (C=O) groups excluding carboxylic acids is 1. The van der Waals surface area contributed by atoms with Crippen LogP contribution < -0.4 is 14.8 Å². The van der Waals surface area contributed by atoms with E-state index in [9.17, 15) is 26.4 Å². The van der Waals surface area contributed by atoms with Gasteiger partial charge in [-0.05, 0) is 54.5 Å². The Kier molecular flexibility index (Phi) is 7.10. The minimum Gasteiger partial charge on any atom is -0.462 e. The summed E-state index contributed by atoms with van der Waals surface area (Å²) in [4.78, 5) is 12.4. The SMILES string of the molecule is O=C(NCc1ccc(OC2=CC=CCC2)cc1)c1nnc(-c2ccc(NS(=O)(=O)C(F)(F)F)cc2)o1. The molecule has 2 N–H and O–H groups in total. The van der Waals surface area contributed by atoms with Gasteiger partial charge in [0.1, 0.15) is 11.5 Å². The number of hydrogen-bond donors (Lipinski definition) is 2. The van der Waals surface area contributed by atoms with Crippen LogP contribution in [-0.4, -0.2) is 30.0 Å². The molecule has 13 heteroatoms. The maximum absolute atomic E-state index is 12.5. The molecule has 1 aliphatic rings. The molecule has 0 saturated heterocycles. The normalized spacial score (nSPS) is 13.7. The second-order valence-corrected chi connectivity index (χ2v) is 9.24. The Morgan fingerprint density at radius 3 is 2.42 bits per heavy atom. The van der Waals surface area contributed by atoms with Crippen molar-refractivity contribution >= 4 is 21.6 Å². The predicted molar refractivity (Wildman–Crippen MR) is 123 cm³/mol. The number of carbonyl (C=O) groups is 1. The highest BCUT2D eigenvalue weighted by Gasteiger charge is 2.46. The van der Waals surface area contributed by atoms with Gasteiger partial charge >= 0.3 is 27.3 Å². The molecular weight excluding hydrogens is 501 g/mol. The fourth-order valence-electron chi connectivity index (χ4n) is 3.08. The van der Waals surface area contributed by atoms with Crippen LogP contribution in [0.2, 0.25) is 0 Å². The molecule has 0 bridgehead atoms. The van der Waals surface area contributed by atoms with Gasteiger partial charge in [0.2, 0.25) is 5.89 Å². The quantitative estimate of drug-likeness (QED) is 0.447. The molecule has 0 spiro atoms. The Morgan fingerprint density at radius 2 is 1.78 bits per heavy atom. The second-order valence-electron chi connectivity index (χ2n) is 7.57. The number of sulfonamides is 1. The van der Waals surface area contributed by atoms with Crippen molar-refractivity contribution in [3.8, 4) is 17.2 Å². The average Bonchev–Trinajstić information content (AvgIpc) is 3.34. The van der Waals surface area contributed by atoms with E-state index in [1.54, 1.807) is 12.1 Å². The number of anilines is 1. The number of halogens is 3. The van der Waals surface area contributed by atoms with Crippen LogP contribution in [0.1, 0.15) is 29.1 Å². The molecule has 1 amide bonds. The maximum Gasteiger partial charge on any atom is 0.516 e. The molecule has 36 heavy (non-hydrogen) atoms. The zero-order valence-electron chi connectivity index (χ0n) is 18.4. The first-order chi connectivity index (χ1) is 17.1. The molecule has 0 saturated carbocycles. The summed E-state index contributed by atoms with van der Waals surface area (Å²) in [6.45, 7) is 0.191. The Bertz CT molecular complexity index is 1400. The third-order valence-corrected chi connectivity index (χ3v) is 6.02. The smallest absolute Gasteiger partial charge is 0.462 e. The summed E-state index contributed by atoms with van der Waals surface area (Å²) in [6.07, 6.45) is 7.70. The van der Waals surface area contributed by atoms with Gasteiger partial charge in [-0.15, -0.1) is 10.2 Å². The molecule has 1 heterocycles. The van der Waals surface area contributed by atoms with Gasteiger partial charge in [-0.1, -0.05) is 24.3 Å². The third kappa shape index (κ3) is 6.10. The van der Waals surface area contributed by atoms with Gasteiger partial charge in [0.25, 0.3) is 0 Å². The van der Waals surface area contributed by atoms with Crippen molar-refractivity contribution in [2.24, 2.45) is 0 Å². The van der Waals surface area contributed by atoms with E-state index >= 15 is 0 Å². The Labute approximate surface area is 203 Å². The summed E-state index contributed by atoms with van der Waals surface area (Å²) in [5, 5.41) is 10.1. The number of nitrogens with one attached hydrogen (secondary N) is 2. The number of hydrogen-bond acceptors (Lipinski definition) is 7. The molecule has 0 aliphatic heterocycles. The molecule has 0 radical (unpaired) electrons. The summed E-state index contributed by atoms with van der Waals surface area (Å²) in [6, 6.07) is 11.9. The molecule has 0 fully saturated rings. The Hall–Kier alpha value is -4.13. The summed E-state index contributed by atoms with van der Waals surface area (Å²) in [5.74, 6) is 0.555. The van der Waals surface area contributed by atoms with Crippen molar-refractivity contribution in [1.29, 1.82) is 0 Å². The Morgan fingerprint density at radius 1 is 1.06 bits per heavy atom. The van der Waals surface area contributed by atoms with Crippen LogP contribution in [0.3, 0.4) is 0 Å². The summed E-state index contributed by atoms with van der Waals surface area (Å²) in [5.41, 5.74) is -4.67. The van der Waals surface area contributed by atoms with E-state index < -0.39 is 21.4 Å². The molecule has 1 aliphatic carbocycles. The second kappa shape index (κ2) is 10.2. The van der Waals surface area contributed by atoms with Crippen LogP contribution in [0.4, 0.5) is 18.9 Å². The highest BCUT2D eigenvalue weighted by molar-refractivity contribution is 7.93. The molecule has 9 nitrogen and oxygen atoms in total. The average molecular weight is 520 g/mol. The summed E-state index contributed by atoms with van der Waals surface area (Å²) < 4.78 is 72.4. The van der Waals surface area contributed by atoms with E-state index in [4.69, 9.17) is 9.15 Å². The van der Waals surface area contributed by atoms with Gasteiger partial charge in [-0.3, -0.25) is 9.52 Å². The van der Waals surface area contributed by atoms with Gasteiger partial charge in [0.15, 0.2) is 0 Å². The van der Waals surface area contributed by atoms with Crippen molar-refractivity contribution in [2.45, 2.75) is 24.9 Å². The fourth-order valence-corrected chi connectivity index (χ4v) is 3.64.